The number of hydrogen-bond acceptors (Lipinski definition) is 5. The Bertz CT molecular complexity index is 708. The average molecular weight is 344 g/mol. The van der Waals surface area contributed by atoms with Crippen molar-refractivity contribution < 1.29 is 14.1 Å². The maximum Gasteiger partial charge on any atom is 0.315 e. The van der Waals surface area contributed by atoms with Crippen LogP contribution in [0.15, 0.2) is 34.9 Å². The van der Waals surface area contributed by atoms with Crippen LogP contribution in [0.1, 0.15) is 39.1 Å². The van der Waals surface area contributed by atoms with Crippen LogP contribution in [-0.2, 0) is 4.74 Å². The van der Waals surface area contributed by atoms with Crippen molar-refractivity contribution >= 4 is 6.03 Å². The summed E-state index contributed by atoms with van der Waals surface area (Å²) in [6.07, 6.45) is 0.797. The lowest BCUT2D eigenvalue weighted by Gasteiger charge is -2.26. The zero-order valence-corrected chi connectivity index (χ0v) is 14.8. The second-order valence-electron chi connectivity index (χ2n) is 7.01. The van der Waals surface area contributed by atoms with Gasteiger partial charge in [0.2, 0.25) is 11.7 Å². The molecule has 7 heteroatoms. The van der Waals surface area contributed by atoms with E-state index >= 15 is 0 Å². The third-order valence-electron chi connectivity index (χ3n) is 4.33. The van der Waals surface area contributed by atoms with E-state index in [0.29, 0.717) is 24.9 Å². The Hall–Kier alpha value is -2.41. The molecule has 2 atom stereocenters. The van der Waals surface area contributed by atoms with Crippen LogP contribution in [0.4, 0.5) is 4.79 Å². The molecule has 0 radical (unpaired) electrons. The number of nitrogens with zero attached hydrogens (tertiary/aromatic N) is 2. The predicted molar refractivity (Wildman–Crippen MR) is 92.8 cm³/mol. The van der Waals surface area contributed by atoms with Crippen molar-refractivity contribution in [3.05, 3.63) is 36.2 Å². The van der Waals surface area contributed by atoms with E-state index in [1.54, 1.807) is 0 Å². The molecule has 0 bridgehead atoms. The van der Waals surface area contributed by atoms with Crippen molar-refractivity contribution in [2.24, 2.45) is 5.92 Å². The molecule has 0 saturated carbocycles. The van der Waals surface area contributed by atoms with Crippen molar-refractivity contribution in [1.29, 1.82) is 0 Å². The van der Waals surface area contributed by atoms with Crippen molar-refractivity contribution in [2.45, 2.75) is 38.8 Å². The minimum atomic E-state index is -0.365. The largest absolute Gasteiger partial charge is 0.379 e. The number of aromatic nitrogens is 2. The van der Waals surface area contributed by atoms with Gasteiger partial charge < -0.3 is 19.9 Å². The van der Waals surface area contributed by atoms with Gasteiger partial charge in [0, 0.05) is 12.2 Å². The van der Waals surface area contributed by atoms with Crippen LogP contribution in [0.2, 0.25) is 0 Å². The van der Waals surface area contributed by atoms with E-state index in [4.69, 9.17) is 9.26 Å². The fraction of sp³-hybridized carbons (Fsp3) is 0.500. The van der Waals surface area contributed by atoms with Gasteiger partial charge in [0.05, 0.1) is 12.1 Å². The van der Waals surface area contributed by atoms with E-state index in [9.17, 15) is 4.79 Å². The maximum atomic E-state index is 12.4. The molecule has 134 valence electrons. The minimum absolute atomic E-state index is 0.0995. The van der Waals surface area contributed by atoms with E-state index in [2.05, 4.69) is 20.8 Å². The van der Waals surface area contributed by atoms with E-state index in [1.807, 2.05) is 51.1 Å². The van der Waals surface area contributed by atoms with Crippen LogP contribution in [0.5, 0.6) is 0 Å². The summed E-state index contributed by atoms with van der Waals surface area (Å²) >= 11 is 0. The number of benzene rings is 1. The number of urea groups is 1. The lowest BCUT2D eigenvalue weighted by Crippen LogP contribution is -2.51. The topological polar surface area (TPSA) is 89.3 Å². The van der Waals surface area contributed by atoms with E-state index in [-0.39, 0.29) is 23.5 Å². The van der Waals surface area contributed by atoms with Gasteiger partial charge in [-0.05, 0) is 19.3 Å². The highest BCUT2D eigenvalue weighted by Gasteiger charge is 2.33. The molecular weight excluding hydrogens is 320 g/mol. The van der Waals surface area contributed by atoms with Crippen LogP contribution in [0.3, 0.4) is 0 Å². The quantitative estimate of drug-likeness (QED) is 0.870. The third-order valence-corrected chi connectivity index (χ3v) is 4.33. The Morgan fingerprint density at radius 2 is 2.04 bits per heavy atom. The molecule has 0 spiro atoms. The maximum absolute atomic E-state index is 12.4. The molecule has 1 saturated heterocycles. The third kappa shape index (κ3) is 4.17. The number of carbonyl (C=O) groups excluding carboxylic acids is 1. The number of carbonyl (C=O) groups is 1. The van der Waals surface area contributed by atoms with Crippen LogP contribution in [0.25, 0.3) is 11.4 Å². The molecule has 2 N–H and O–H groups in total. The van der Waals surface area contributed by atoms with E-state index in [1.165, 1.54) is 0 Å². The molecule has 0 aliphatic carbocycles. The number of hydrogen-bond donors (Lipinski definition) is 2. The summed E-state index contributed by atoms with van der Waals surface area (Å²) in [5.74, 6) is 1.01. The van der Waals surface area contributed by atoms with Gasteiger partial charge in [0.15, 0.2) is 0 Å². The SMILES string of the molecule is CC(C)[C@@H](NC(=O)N[C@@]1(C)CCOC1)c1nc(-c2ccccc2)no1. The molecule has 1 aromatic heterocycles. The fourth-order valence-electron chi connectivity index (χ4n) is 2.80. The second kappa shape index (κ2) is 7.23. The van der Waals surface area contributed by atoms with Gasteiger partial charge in [-0.1, -0.05) is 49.3 Å². The highest BCUT2D eigenvalue weighted by molar-refractivity contribution is 5.75. The van der Waals surface area contributed by atoms with Crippen molar-refractivity contribution in [3.8, 4) is 11.4 Å². The zero-order chi connectivity index (χ0) is 17.9. The van der Waals surface area contributed by atoms with Crippen molar-refractivity contribution in [1.82, 2.24) is 20.8 Å². The lowest BCUT2D eigenvalue weighted by atomic mass is 10.0. The van der Waals surface area contributed by atoms with E-state index in [0.717, 1.165) is 12.0 Å². The van der Waals surface area contributed by atoms with Gasteiger partial charge >= 0.3 is 6.03 Å². The Kier molecular flexibility index (Phi) is 5.03. The van der Waals surface area contributed by atoms with Gasteiger partial charge in [-0.2, -0.15) is 4.98 Å². The van der Waals surface area contributed by atoms with Gasteiger partial charge in [-0.25, -0.2) is 4.79 Å². The summed E-state index contributed by atoms with van der Waals surface area (Å²) in [6.45, 7) is 7.15. The summed E-state index contributed by atoms with van der Waals surface area (Å²) in [5.41, 5.74) is 0.537. The van der Waals surface area contributed by atoms with Crippen molar-refractivity contribution in [3.63, 3.8) is 0 Å². The minimum Gasteiger partial charge on any atom is -0.379 e. The van der Waals surface area contributed by atoms with Gasteiger partial charge in [-0.15, -0.1) is 0 Å². The Morgan fingerprint density at radius 3 is 2.68 bits per heavy atom. The Morgan fingerprint density at radius 1 is 1.28 bits per heavy atom. The van der Waals surface area contributed by atoms with E-state index < -0.39 is 0 Å². The van der Waals surface area contributed by atoms with Crippen molar-refractivity contribution in [2.75, 3.05) is 13.2 Å². The molecule has 2 heterocycles. The van der Waals surface area contributed by atoms with Gasteiger partial charge in [0.1, 0.15) is 6.04 Å². The molecule has 1 aliphatic rings. The summed E-state index contributed by atoms with van der Waals surface area (Å²) in [6, 6.07) is 8.98. The first-order chi connectivity index (χ1) is 12.0. The number of ether oxygens (including phenoxy) is 1. The summed E-state index contributed by atoms with van der Waals surface area (Å²) in [5, 5.41) is 9.97. The standard InChI is InChI=1S/C18H24N4O3/c1-12(2)14(19-17(23)21-18(3)9-10-24-11-18)16-20-15(22-25-16)13-7-5-4-6-8-13/h4-8,12,14H,9-11H2,1-3H3,(H2,19,21,23)/t14-,18+/m1/s1. The molecule has 2 aromatic rings. The highest BCUT2D eigenvalue weighted by atomic mass is 16.5. The molecular formula is C18H24N4O3. The van der Waals surface area contributed by atoms with Gasteiger partial charge in [0.25, 0.3) is 0 Å². The Labute approximate surface area is 147 Å². The fourth-order valence-corrected chi connectivity index (χ4v) is 2.80. The first-order valence-electron chi connectivity index (χ1n) is 8.52. The number of nitrogens with one attached hydrogen (secondary N) is 2. The summed E-state index contributed by atoms with van der Waals surface area (Å²) < 4.78 is 10.8. The lowest BCUT2D eigenvalue weighted by molar-refractivity contribution is 0.168. The van der Waals surface area contributed by atoms with Crippen LogP contribution in [-0.4, -0.2) is 34.9 Å². The molecule has 7 nitrogen and oxygen atoms in total. The molecule has 1 aromatic carbocycles. The molecule has 0 unspecified atom stereocenters. The first-order valence-corrected chi connectivity index (χ1v) is 8.52. The van der Waals surface area contributed by atoms with Crippen LogP contribution < -0.4 is 10.6 Å². The monoisotopic (exact) mass is 344 g/mol. The Balaban J connectivity index is 1.71. The molecule has 1 fully saturated rings. The van der Waals surface area contributed by atoms with Gasteiger partial charge in [-0.3, -0.25) is 0 Å². The average Bonchev–Trinajstić information content (AvgIpc) is 3.22. The highest BCUT2D eigenvalue weighted by Crippen LogP contribution is 2.24. The molecule has 25 heavy (non-hydrogen) atoms. The first kappa shape index (κ1) is 17.4. The van der Waals surface area contributed by atoms with Crippen LogP contribution >= 0.6 is 0 Å². The van der Waals surface area contributed by atoms with Crippen LogP contribution in [0, 0.1) is 5.92 Å². The second-order valence-corrected chi connectivity index (χ2v) is 7.01. The molecule has 1 aliphatic heterocycles. The molecule has 2 amide bonds. The number of amides is 2. The summed E-state index contributed by atoms with van der Waals surface area (Å²) in [4.78, 5) is 16.9. The zero-order valence-electron chi connectivity index (χ0n) is 14.8. The summed E-state index contributed by atoms with van der Waals surface area (Å²) in [7, 11) is 0. The predicted octanol–water partition coefficient (Wildman–Crippen LogP) is 2.91. The number of rotatable bonds is 5. The smallest absolute Gasteiger partial charge is 0.315 e. The normalized spacial score (nSPS) is 21.3. The molecule has 3 rings (SSSR count).